The summed E-state index contributed by atoms with van der Waals surface area (Å²) in [6.45, 7) is -0.555. The molecule has 2 rings (SSSR count). The predicted octanol–water partition coefficient (Wildman–Crippen LogP) is 2.03. The Balaban J connectivity index is 1.98. The molecule has 0 aromatic heterocycles. The summed E-state index contributed by atoms with van der Waals surface area (Å²) in [6, 6.07) is 5.23. The van der Waals surface area contributed by atoms with Gasteiger partial charge in [0, 0.05) is 24.7 Å². The lowest BCUT2D eigenvalue weighted by Crippen LogP contribution is -2.52. The maximum absolute atomic E-state index is 12.6. The van der Waals surface area contributed by atoms with Crippen LogP contribution in [0.25, 0.3) is 0 Å². The Morgan fingerprint density at radius 1 is 1.40 bits per heavy atom. The number of hydrogen-bond acceptors (Lipinski definition) is 4. The van der Waals surface area contributed by atoms with Crippen molar-refractivity contribution in [3.05, 3.63) is 24.3 Å². The Hall–Kier alpha value is -2.22. The second-order valence-electron chi connectivity index (χ2n) is 6.14. The summed E-state index contributed by atoms with van der Waals surface area (Å²) in [6.07, 6.45) is 2.15. The molecule has 1 aromatic carbocycles. The van der Waals surface area contributed by atoms with Gasteiger partial charge >= 0.3 is 6.61 Å². The standard InChI is InChI=1S/C17H23F2N3O3/c1-11(20)4-9-15(23)21-14-3-2-10-22(16(14)24)12-5-7-13(8-6-12)25-17(18)19/h5-8,11,14,17H,2-4,9-10,20H2,1H3,(H,21,23). The molecule has 0 spiro atoms. The summed E-state index contributed by atoms with van der Waals surface area (Å²) < 4.78 is 28.7. The number of nitrogens with two attached hydrogens (primary N) is 1. The van der Waals surface area contributed by atoms with Gasteiger partial charge in [0.2, 0.25) is 11.8 Å². The van der Waals surface area contributed by atoms with Crippen molar-refractivity contribution in [2.24, 2.45) is 5.73 Å². The molecule has 8 heteroatoms. The van der Waals surface area contributed by atoms with Crippen LogP contribution >= 0.6 is 0 Å². The van der Waals surface area contributed by atoms with Crippen LogP contribution in [0.15, 0.2) is 24.3 Å². The van der Waals surface area contributed by atoms with E-state index in [1.807, 2.05) is 6.92 Å². The van der Waals surface area contributed by atoms with Crippen molar-refractivity contribution < 1.29 is 23.1 Å². The average molecular weight is 355 g/mol. The molecule has 0 radical (unpaired) electrons. The Morgan fingerprint density at radius 2 is 2.08 bits per heavy atom. The molecule has 138 valence electrons. The van der Waals surface area contributed by atoms with E-state index in [0.29, 0.717) is 25.1 Å². The number of halogens is 2. The van der Waals surface area contributed by atoms with E-state index in [4.69, 9.17) is 5.73 Å². The summed E-state index contributed by atoms with van der Waals surface area (Å²) >= 11 is 0. The minimum Gasteiger partial charge on any atom is -0.435 e. The lowest BCUT2D eigenvalue weighted by Gasteiger charge is -2.32. The largest absolute Gasteiger partial charge is 0.435 e. The quantitative estimate of drug-likeness (QED) is 0.784. The van der Waals surface area contributed by atoms with Crippen molar-refractivity contribution in [2.75, 3.05) is 11.4 Å². The van der Waals surface area contributed by atoms with Crippen molar-refractivity contribution in [3.8, 4) is 5.75 Å². The molecular weight excluding hydrogens is 332 g/mol. The summed E-state index contributed by atoms with van der Waals surface area (Å²) in [5.74, 6) is -0.370. The molecular formula is C17H23F2N3O3. The molecule has 1 saturated heterocycles. The first kappa shape index (κ1) is 19.1. The second kappa shape index (κ2) is 8.75. The van der Waals surface area contributed by atoms with Gasteiger partial charge in [-0.3, -0.25) is 9.59 Å². The number of carbonyl (C=O) groups is 2. The highest BCUT2D eigenvalue weighted by atomic mass is 19.3. The van der Waals surface area contributed by atoms with Gasteiger partial charge < -0.3 is 20.7 Å². The second-order valence-corrected chi connectivity index (χ2v) is 6.14. The predicted molar refractivity (Wildman–Crippen MR) is 89.5 cm³/mol. The van der Waals surface area contributed by atoms with Gasteiger partial charge in [0.25, 0.3) is 0 Å². The van der Waals surface area contributed by atoms with E-state index in [0.717, 1.165) is 6.42 Å². The molecule has 1 aliphatic rings. The highest BCUT2D eigenvalue weighted by molar-refractivity contribution is 5.99. The van der Waals surface area contributed by atoms with Crippen LogP contribution in [0.3, 0.4) is 0 Å². The molecule has 1 aromatic rings. The van der Waals surface area contributed by atoms with Crippen LogP contribution in [0.1, 0.15) is 32.6 Å². The van der Waals surface area contributed by atoms with Crippen LogP contribution in [0.5, 0.6) is 5.75 Å². The number of rotatable bonds is 7. The lowest BCUT2D eigenvalue weighted by atomic mass is 10.0. The molecule has 1 aliphatic heterocycles. The van der Waals surface area contributed by atoms with Crippen molar-refractivity contribution >= 4 is 17.5 Å². The molecule has 1 heterocycles. The van der Waals surface area contributed by atoms with Crippen LogP contribution in [0.4, 0.5) is 14.5 Å². The Bertz CT molecular complexity index is 593. The fourth-order valence-electron chi connectivity index (χ4n) is 2.70. The van der Waals surface area contributed by atoms with Gasteiger partial charge in [0.05, 0.1) is 0 Å². The Kier molecular flexibility index (Phi) is 6.69. The summed E-state index contributed by atoms with van der Waals surface area (Å²) in [5.41, 5.74) is 6.21. The van der Waals surface area contributed by atoms with Gasteiger partial charge in [-0.25, -0.2) is 0 Å². The third-order valence-corrected chi connectivity index (χ3v) is 3.97. The minimum atomic E-state index is -2.89. The topological polar surface area (TPSA) is 84.7 Å². The number of nitrogens with one attached hydrogen (secondary N) is 1. The molecule has 2 amide bonds. The van der Waals surface area contributed by atoms with Gasteiger partial charge in [-0.1, -0.05) is 0 Å². The highest BCUT2D eigenvalue weighted by Crippen LogP contribution is 2.24. The normalized spacial score (nSPS) is 19.0. The van der Waals surface area contributed by atoms with E-state index in [9.17, 15) is 18.4 Å². The fraction of sp³-hybridized carbons (Fsp3) is 0.529. The van der Waals surface area contributed by atoms with Gasteiger partial charge in [-0.15, -0.1) is 0 Å². The number of amides is 2. The average Bonchev–Trinajstić information content (AvgIpc) is 2.55. The first-order chi connectivity index (χ1) is 11.9. The lowest BCUT2D eigenvalue weighted by molar-refractivity contribution is -0.128. The maximum Gasteiger partial charge on any atom is 0.387 e. The molecule has 0 bridgehead atoms. The van der Waals surface area contributed by atoms with E-state index in [1.165, 1.54) is 12.1 Å². The number of benzene rings is 1. The summed E-state index contributed by atoms with van der Waals surface area (Å²) in [7, 11) is 0. The Morgan fingerprint density at radius 3 is 2.68 bits per heavy atom. The number of anilines is 1. The zero-order valence-corrected chi connectivity index (χ0v) is 14.1. The summed E-state index contributed by atoms with van der Waals surface area (Å²) in [5, 5.41) is 2.75. The monoisotopic (exact) mass is 355 g/mol. The van der Waals surface area contributed by atoms with Crippen LogP contribution in [-0.2, 0) is 9.59 Å². The van der Waals surface area contributed by atoms with Crippen molar-refractivity contribution in [1.29, 1.82) is 0 Å². The molecule has 3 N–H and O–H groups in total. The molecule has 6 nitrogen and oxygen atoms in total. The molecule has 2 atom stereocenters. The first-order valence-corrected chi connectivity index (χ1v) is 8.28. The van der Waals surface area contributed by atoms with Gasteiger partial charge in [-0.2, -0.15) is 8.78 Å². The molecule has 0 saturated carbocycles. The highest BCUT2D eigenvalue weighted by Gasteiger charge is 2.30. The first-order valence-electron chi connectivity index (χ1n) is 8.28. The van der Waals surface area contributed by atoms with Crippen LogP contribution < -0.4 is 20.7 Å². The zero-order valence-electron chi connectivity index (χ0n) is 14.1. The van der Waals surface area contributed by atoms with Crippen LogP contribution in [0.2, 0.25) is 0 Å². The number of nitrogens with zero attached hydrogens (tertiary/aromatic N) is 1. The van der Waals surface area contributed by atoms with E-state index >= 15 is 0 Å². The number of ether oxygens (including phenoxy) is 1. The number of carbonyl (C=O) groups excluding carboxylic acids is 2. The number of piperidine rings is 1. The van der Waals surface area contributed by atoms with Gasteiger partial charge in [0.1, 0.15) is 11.8 Å². The third-order valence-electron chi connectivity index (χ3n) is 3.97. The van der Waals surface area contributed by atoms with E-state index in [-0.39, 0.29) is 30.0 Å². The van der Waals surface area contributed by atoms with E-state index in [1.54, 1.807) is 17.0 Å². The van der Waals surface area contributed by atoms with Crippen molar-refractivity contribution in [1.82, 2.24) is 5.32 Å². The van der Waals surface area contributed by atoms with E-state index < -0.39 is 12.7 Å². The molecule has 1 fully saturated rings. The van der Waals surface area contributed by atoms with Crippen LogP contribution in [0, 0.1) is 0 Å². The van der Waals surface area contributed by atoms with Gasteiger partial charge in [-0.05, 0) is 50.5 Å². The number of alkyl halides is 2. The minimum absolute atomic E-state index is 0.0314. The third kappa shape index (κ3) is 5.67. The summed E-state index contributed by atoms with van der Waals surface area (Å²) in [4.78, 5) is 26.1. The van der Waals surface area contributed by atoms with E-state index in [2.05, 4.69) is 10.1 Å². The smallest absolute Gasteiger partial charge is 0.387 e. The van der Waals surface area contributed by atoms with Gasteiger partial charge in [0.15, 0.2) is 0 Å². The zero-order chi connectivity index (χ0) is 18.4. The van der Waals surface area contributed by atoms with Crippen LogP contribution in [-0.4, -0.2) is 37.1 Å². The molecule has 2 unspecified atom stereocenters. The van der Waals surface area contributed by atoms with Crippen molar-refractivity contribution in [3.63, 3.8) is 0 Å². The Labute approximate surface area is 145 Å². The number of hydrogen-bond donors (Lipinski definition) is 2. The fourth-order valence-corrected chi connectivity index (χ4v) is 2.70. The maximum atomic E-state index is 12.6. The van der Waals surface area contributed by atoms with Crippen molar-refractivity contribution in [2.45, 2.75) is 51.3 Å². The SMILES string of the molecule is CC(N)CCC(=O)NC1CCCN(c2ccc(OC(F)F)cc2)C1=O. The molecule has 25 heavy (non-hydrogen) atoms. The molecule has 0 aliphatic carbocycles.